The standard InChI is InChI=1S/C19H26N6OS/c1-12-13(2)23-17(20)15-16(12)25(18(24-15)14(3)26-4)10-5-6-11-27-19-21-8-7-9-22-19/h7-9,14H,5-6,10-11H2,1-4H3,(H2,20,23). The molecule has 0 aliphatic carbocycles. The van der Waals surface area contributed by atoms with Gasteiger partial charge in [0, 0.05) is 37.5 Å². The van der Waals surface area contributed by atoms with Gasteiger partial charge in [0.25, 0.3) is 0 Å². The molecule has 3 aromatic heterocycles. The Kier molecular flexibility index (Phi) is 6.28. The maximum absolute atomic E-state index is 6.15. The van der Waals surface area contributed by atoms with Crippen LogP contribution in [0.25, 0.3) is 11.0 Å². The molecule has 3 heterocycles. The first-order valence-corrected chi connectivity index (χ1v) is 10.1. The molecule has 0 bridgehead atoms. The zero-order valence-electron chi connectivity index (χ0n) is 16.3. The molecule has 3 aromatic rings. The molecular formula is C19H26N6OS. The molecule has 0 saturated carbocycles. The number of nitrogens with two attached hydrogens (primary N) is 1. The van der Waals surface area contributed by atoms with Crippen LogP contribution in [-0.2, 0) is 11.3 Å². The maximum Gasteiger partial charge on any atom is 0.187 e. The number of aryl methyl sites for hydroxylation is 3. The van der Waals surface area contributed by atoms with Crippen molar-refractivity contribution >= 4 is 28.6 Å². The monoisotopic (exact) mass is 386 g/mol. The van der Waals surface area contributed by atoms with Gasteiger partial charge in [-0.3, -0.25) is 0 Å². The van der Waals surface area contributed by atoms with Crippen LogP contribution < -0.4 is 5.73 Å². The highest BCUT2D eigenvalue weighted by molar-refractivity contribution is 7.99. The minimum atomic E-state index is -0.108. The van der Waals surface area contributed by atoms with Crippen molar-refractivity contribution in [2.45, 2.75) is 51.4 Å². The fourth-order valence-electron chi connectivity index (χ4n) is 3.06. The zero-order chi connectivity index (χ0) is 19.4. The van der Waals surface area contributed by atoms with Crippen molar-refractivity contribution in [1.82, 2.24) is 24.5 Å². The Morgan fingerprint density at radius 3 is 2.63 bits per heavy atom. The molecule has 0 radical (unpaired) electrons. The predicted molar refractivity (Wildman–Crippen MR) is 109 cm³/mol. The maximum atomic E-state index is 6.15. The van der Waals surface area contributed by atoms with Gasteiger partial charge in [0.15, 0.2) is 11.0 Å². The fraction of sp³-hybridized carbons (Fsp3) is 0.474. The number of hydrogen-bond acceptors (Lipinski definition) is 7. The molecule has 0 spiro atoms. The third-order valence-electron chi connectivity index (χ3n) is 4.69. The highest BCUT2D eigenvalue weighted by atomic mass is 32.2. The number of ether oxygens (including phenoxy) is 1. The molecule has 0 fully saturated rings. The largest absolute Gasteiger partial charge is 0.382 e. The number of methoxy groups -OCH3 is 1. The summed E-state index contributed by atoms with van der Waals surface area (Å²) < 4.78 is 7.78. The number of fused-ring (bicyclic) bond motifs is 1. The molecular weight excluding hydrogens is 360 g/mol. The molecule has 0 aromatic carbocycles. The highest BCUT2D eigenvalue weighted by Crippen LogP contribution is 2.29. The Morgan fingerprint density at radius 1 is 1.19 bits per heavy atom. The van der Waals surface area contributed by atoms with E-state index in [1.165, 1.54) is 0 Å². The minimum absolute atomic E-state index is 0.108. The summed E-state index contributed by atoms with van der Waals surface area (Å²) in [6.45, 7) is 6.93. The summed E-state index contributed by atoms with van der Waals surface area (Å²) in [4.78, 5) is 17.7. The molecule has 7 nitrogen and oxygen atoms in total. The van der Waals surface area contributed by atoms with Crippen LogP contribution in [0.1, 0.15) is 43.0 Å². The average molecular weight is 387 g/mol. The quantitative estimate of drug-likeness (QED) is 0.358. The van der Waals surface area contributed by atoms with Crippen LogP contribution in [0, 0.1) is 13.8 Å². The van der Waals surface area contributed by atoms with Gasteiger partial charge in [-0.2, -0.15) is 0 Å². The Morgan fingerprint density at radius 2 is 1.93 bits per heavy atom. The van der Waals surface area contributed by atoms with Crippen molar-refractivity contribution < 1.29 is 4.74 Å². The lowest BCUT2D eigenvalue weighted by atomic mass is 10.2. The molecule has 0 amide bonds. The molecule has 0 saturated heterocycles. The Balaban J connectivity index is 1.77. The van der Waals surface area contributed by atoms with E-state index in [9.17, 15) is 0 Å². The van der Waals surface area contributed by atoms with E-state index in [2.05, 4.69) is 26.4 Å². The molecule has 0 aliphatic heterocycles. The lowest BCUT2D eigenvalue weighted by molar-refractivity contribution is 0.109. The van der Waals surface area contributed by atoms with Gasteiger partial charge in [-0.05, 0) is 45.2 Å². The lowest BCUT2D eigenvalue weighted by Gasteiger charge is -2.14. The van der Waals surface area contributed by atoms with Gasteiger partial charge in [-0.1, -0.05) is 11.8 Å². The van der Waals surface area contributed by atoms with E-state index in [4.69, 9.17) is 15.5 Å². The summed E-state index contributed by atoms with van der Waals surface area (Å²) in [5, 5.41) is 0.824. The van der Waals surface area contributed by atoms with Gasteiger partial charge in [-0.25, -0.2) is 19.9 Å². The lowest BCUT2D eigenvalue weighted by Crippen LogP contribution is -2.10. The van der Waals surface area contributed by atoms with Crippen molar-refractivity contribution in [2.75, 3.05) is 18.6 Å². The van der Waals surface area contributed by atoms with Crippen molar-refractivity contribution in [3.8, 4) is 0 Å². The first-order chi connectivity index (χ1) is 13.0. The number of thioether (sulfide) groups is 1. The van der Waals surface area contributed by atoms with Gasteiger partial charge in [0.2, 0.25) is 0 Å². The molecule has 144 valence electrons. The fourth-order valence-corrected chi connectivity index (χ4v) is 3.86. The van der Waals surface area contributed by atoms with Crippen molar-refractivity contribution in [2.24, 2.45) is 0 Å². The summed E-state index contributed by atoms with van der Waals surface area (Å²) >= 11 is 1.68. The average Bonchev–Trinajstić information content (AvgIpc) is 3.06. The van der Waals surface area contributed by atoms with Crippen LogP contribution in [0.2, 0.25) is 0 Å². The van der Waals surface area contributed by atoms with E-state index in [-0.39, 0.29) is 6.10 Å². The molecule has 2 N–H and O–H groups in total. The van der Waals surface area contributed by atoms with Crippen molar-refractivity contribution in [3.63, 3.8) is 0 Å². The minimum Gasteiger partial charge on any atom is -0.382 e. The van der Waals surface area contributed by atoms with E-state index in [1.54, 1.807) is 31.3 Å². The van der Waals surface area contributed by atoms with Crippen LogP contribution in [-0.4, -0.2) is 37.4 Å². The normalized spacial score (nSPS) is 12.6. The highest BCUT2D eigenvalue weighted by Gasteiger charge is 2.20. The third kappa shape index (κ3) is 4.22. The number of pyridine rings is 1. The van der Waals surface area contributed by atoms with Crippen LogP contribution >= 0.6 is 11.8 Å². The summed E-state index contributed by atoms with van der Waals surface area (Å²) in [7, 11) is 1.70. The third-order valence-corrected chi connectivity index (χ3v) is 5.65. The molecule has 1 unspecified atom stereocenters. The van der Waals surface area contributed by atoms with E-state index >= 15 is 0 Å². The zero-order valence-corrected chi connectivity index (χ0v) is 17.1. The van der Waals surface area contributed by atoms with Gasteiger partial charge >= 0.3 is 0 Å². The van der Waals surface area contributed by atoms with E-state index in [0.717, 1.165) is 58.4 Å². The summed E-state index contributed by atoms with van der Waals surface area (Å²) in [6, 6.07) is 1.83. The Bertz CT molecular complexity index is 912. The summed E-state index contributed by atoms with van der Waals surface area (Å²) in [5.41, 5.74) is 10.0. The molecule has 0 aliphatic rings. The number of unbranched alkanes of at least 4 members (excludes halogenated alkanes) is 1. The second-order valence-electron chi connectivity index (χ2n) is 6.49. The van der Waals surface area contributed by atoms with Gasteiger partial charge in [0.1, 0.15) is 17.4 Å². The molecule has 3 rings (SSSR count). The first kappa shape index (κ1) is 19.6. The Labute approximate surface area is 163 Å². The smallest absolute Gasteiger partial charge is 0.187 e. The van der Waals surface area contributed by atoms with Gasteiger partial charge in [-0.15, -0.1) is 0 Å². The van der Waals surface area contributed by atoms with Crippen LogP contribution in [0.3, 0.4) is 0 Å². The van der Waals surface area contributed by atoms with Gasteiger partial charge in [0.05, 0.1) is 5.52 Å². The second-order valence-corrected chi connectivity index (χ2v) is 7.55. The number of rotatable bonds is 8. The Hall–Kier alpha value is -2.19. The number of imidazole rings is 1. The molecule has 8 heteroatoms. The van der Waals surface area contributed by atoms with Crippen molar-refractivity contribution in [3.05, 3.63) is 35.5 Å². The first-order valence-electron chi connectivity index (χ1n) is 9.08. The molecule has 27 heavy (non-hydrogen) atoms. The summed E-state index contributed by atoms with van der Waals surface area (Å²) in [6.07, 6.45) is 5.52. The predicted octanol–water partition coefficient (Wildman–Crippen LogP) is 3.70. The second kappa shape index (κ2) is 8.67. The summed E-state index contributed by atoms with van der Waals surface area (Å²) in [5.74, 6) is 2.36. The van der Waals surface area contributed by atoms with E-state index in [1.807, 2.05) is 19.9 Å². The molecule has 1 atom stereocenters. The number of nitrogens with zero attached hydrogens (tertiary/aromatic N) is 5. The van der Waals surface area contributed by atoms with Crippen molar-refractivity contribution in [1.29, 1.82) is 0 Å². The van der Waals surface area contributed by atoms with E-state index in [0.29, 0.717) is 5.82 Å². The number of hydrogen-bond donors (Lipinski definition) is 1. The number of nitrogen functional groups attached to an aromatic ring is 1. The number of anilines is 1. The van der Waals surface area contributed by atoms with Crippen LogP contribution in [0.4, 0.5) is 5.82 Å². The van der Waals surface area contributed by atoms with E-state index < -0.39 is 0 Å². The number of aromatic nitrogens is 5. The van der Waals surface area contributed by atoms with Crippen LogP contribution in [0.15, 0.2) is 23.6 Å². The SMILES string of the molecule is COC(C)c1nc2c(N)nc(C)c(C)c2n1CCCCSc1ncccn1. The van der Waals surface area contributed by atoms with Gasteiger partial charge < -0.3 is 15.0 Å². The topological polar surface area (TPSA) is 91.7 Å². The van der Waals surface area contributed by atoms with Crippen LogP contribution in [0.5, 0.6) is 0 Å².